The van der Waals surface area contributed by atoms with E-state index < -0.39 is 29.2 Å². The highest BCUT2D eigenvalue weighted by atomic mass is 35.5. The molecule has 1 aromatic heterocycles. The molecule has 1 rings (SSSR count). The molecule has 104 valence electrons. The first-order valence-corrected chi connectivity index (χ1v) is 7.69. The van der Waals surface area contributed by atoms with E-state index in [2.05, 4.69) is 0 Å². The third-order valence-electron chi connectivity index (χ3n) is 2.22. The van der Waals surface area contributed by atoms with Crippen LogP contribution in [0.4, 0.5) is 13.2 Å². The van der Waals surface area contributed by atoms with Crippen LogP contribution in [-0.4, -0.2) is 32.5 Å². The van der Waals surface area contributed by atoms with Crippen LogP contribution in [0.2, 0.25) is 0 Å². The molecule has 1 heterocycles. The lowest BCUT2D eigenvalue weighted by Crippen LogP contribution is -2.30. The predicted molar refractivity (Wildman–Crippen MR) is 64.4 cm³/mol. The van der Waals surface area contributed by atoms with Crippen molar-refractivity contribution in [2.75, 3.05) is 13.6 Å². The van der Waals surface area contributed by atoms with E-state index in [1.54, 1.807) is 5.38 Å². The molecule has 0 radical (unpaired) electrons. The third-order valence-corrected chi connectivity index (χ3v) is 5.64. The maximum atomic E-state index is 12.1. The average molecular weight is 322 g/mol. The van der Waals surface area contributed by atoms with Gasteiger partial charge in [0.25, 0.3) is 0 Å². The molecule has 3 nitrogen and oxygen atoms in total. The minimum atomic E-state index is -4.38. The largest absolute Gasteiger partial charge is 0.390 e. The molecular weight excluding hydrogens is 311 g/mol. The van der Waals surface area contributed by atoms with Gasteiger partial charge in [0, 0.05) is 18.5 Å². The van der Waals surface area contributed by atoms with Crippen LogP contribution in [0, 0.1) is 0 Å². The summed E-state index contributed by atoms with van der Waals surface area (Å²) in [5.74, 6) is 0.0132. The molecule has 0 amide bonds. The predicted octanol–water partition coefficient (Wildman–Crippen LogP) is 3.06. The maximum Gasteiger partial charge on any atom is 0.390 e. The molecule has 0 saturated heterocycles. The number of sulfonamides is 1. The lowest BCUT2D eigenvalue weighted by molar-refractivity contribution is -0.135. The Balaban J connectivity index is 2.87. The van der Waals surface area contributed by atoms with Crippen molar-refractivity contribution in [2.45, 2.75) is 23.4 Å². The van der Waals surface area contributed by atoms with Crippen molar-refractivity contribution in [3.05, 3.63) is 16.3 Å². The summed E-state index contributed by atoms with van der Waals surface area (Å²) in [6, 6.07) is 1.35. The summed E-state index contributed by atoms with van der Waals surface area (Å²) in [6.07, 6.45) is -5.56. The number of nitrogens with zero attached hydrogens (tertiary/aromatic N) is 1. The summed E-state index contributed by atoms with van der Waals surface area (Å²) >= 11 is 6.74. The van der Waals surface area contributed by atoms with Crippen LogP contribution in [0.25, 0.3) is 0 Å². The van der Waals surface area contributed by atoms with Gasteiger partial charge in [-0.15, -0.1) is 22.9 Å². The van der Waals surface area contributed by atoms with Crippen LogP contribution in [0.3, 0.4) is 0 Å². The highest BCUT2D eigenvalue weighted by molar-refractivity contribution is 7.89. The minimum Gasteiger partial charge on any atom is -0.207 e. The molecule has 0 unspecified atom stereocenters. The van der Waals surface area contributed by atoms with Crippen LogP contribution in [0.15, 0.2) is 16.3 Å². The van der Waals surface area contributed by atoms with E-state index in [0.29, 0.717) is 9.18 Å². The molecule has 0 bridgehead atoms. The number of halogens is 4. The molecule has 0 aliphatic carbocycles. The van der Waals surface area contributed by atoms with Crippen molar-refractivity contribution in [1.29, 1.82) is 0 Å². The Labute approximate surface area is 112 Å². The van der Waals surface area contributed by atoms with Gasteiger partial charge in [-0.25, -0.2) is 12.7 Å². The highest BCUT2D eigenvalue weighted by Gasteiger charge is 2.31. The summed E-state index contributed by atoms with van der Waals surface area (Å²) in [5.41, 5.74) is 0. The van der Waals surface area contributed by atoms with Gasteiger partial charge >= 0.3 is 6.18 Å². The normalized spacial score (nSPS) is 13.2. The molecule has 0 N–H and O–H groups in total. The quantitative estimate of drug-likeness (QED) is 0.782. The highest BCUT2D eigenvalue weighted by Crippen LogP contribution is 2.27. The summed E-state index contributed by atoms with van der Waals surface area (Å²) in [7, 11) is -2.78. The van der Waals surface area contributed by atoms with Gasteiger partial charge in [-0.3, -0.25) is 0 Å². The van der Waals surface area contributed by atoms with Crippen molar-refractivity contribution in [3.8, 4) is 0 Å². The van der Waals surface area contributed by atoms with Gasteiger partial charge in [-0.1, -0.05) is 0 Å². The van der Waals surface area contributed by atoms with Crippen molar-refractivity contribution in [3.63, 3.8) is 0 Å². The first-order valence-electron chi connectivity index (χ1n) is 4.84. The van der Waals surface area contributed by atoms with E-state index in [1.807, 2.05) is 0 Å². The third kappa shape index (κ3) is 3.84. The van der Waals surface area contributed by atoms with E-state index in [4.69, 9.17) is 11.6 Å². The molecule has 1 aromatic rings. The Morgan fingerprint density at radius 2 is 2.06 bits per heavy atom. The monoisotopic (exact) mass is 321 g/mol. The second kappa shape index (κ2) is 5.77. The molecule has 0 atom stereocenters. The fourth-order valence-corrected chi connectivity index (χ4v) is 4.07. The van der Waals surface area contributed by atoms with Gasteiger partial charge in [0.15, 0.2) is 0 Å². The molecule has 0 aliphatic rings. The Morgan fingerprint density at radius 3 is 2.56 bits per heavy atom. The fourth-order valence-electron chi connectivity index (χ4n) is 1.23. The number of hydrogen-bond donors (Lipinski definition) is 0. The van der Waals surface area contributed by atoms with Gasteiger partial charge in [0.2, 0.25) is 10.0 Å². The number of thiophene rings is 1. The van der Waals surface area contributed by atoms with Gasteiger partial charge < -0.3 is 0 Å². The zero-order chi connectivity index (χ0) is 14.0. The smallest absolute Gasteiger partial charge is 0.207 e. The Bertz CT molecular complexity index is 498. The topological polar surface area (TPSA) is 37.4 Å². The lowest BCUT2D eigenvalue weighted by Gasteiger charge is -2.18. The van der Waals surface area contributed by atoms with E-state index in [0.717, 1.165) is 18.4 Å². The van der Waals surface area contributed by atoms with Gasteiger partial charge in [0.1, 0.15) is 0 Å². The molecule has 0 fully saturated rings. The van der Waals surface area contributed by atoms with Gasteiger partial charge in [-0.2, -0.15) is 13.2 Å². The second-order valence-corrected chi connectivity index (χ2v) is 6.81. The van der Waals surface area contributed by atoms with Crippen molar-refractivity contribution < 1.29 is 21.6 Å². The van der Waals surface area contributed by atoms with Crippen LogP contribution < -0.4 is 0 Å². The van der Waals surface area contributed by atoms with Crippen LogP contribution >= 0.6 is 22.9 Å². The maximum absolute atomic E-state index is 12.1. The minimum absolute atomic E-state index is 0.0132. The zero-order valence-corrected chi connectivity index (χ0v) is 11.8. The SMILES string of the molecule is CN(CCC(F)(F)F)S(=O)(=O)c1ccsc1CCl. The first-order chi connectivity index (χ1) is 8.18. The van der Waals surface area contributed by atoms with E-state index >= 15 is 0 Å². The Hall–Kier alpha value is -0.310. The van der Waals surface area contributed by atoms with Crippen LogP contribution in [0.5, 0.6) is 0 Å². The first kappa shape index (κ1) is 15.7. The van der Waals surface area contributed by atoms with Crippen LogP contribution in [0.1, 0.15) is 11.3 Å². The molecule has 0 aliphatic heterocycles. The van der Waals surface area contributed by atoms with E-state index in [1.165, 1.54) is 6.07 Å². The molecular formula is C9H11ClF3NO2S2. The summed E-state index contributed by atoms with van der Waals surface area (Å²) < 4.78 is 60.8. The average Bonchev–Trinajstić information content (AvgIpc) is 2.73. The Kier molecular flexibility index (Phi) is 5.05. The summed E-state index contributed by atoms with van der Waals surface area (Å²) in [4.78, 5) is 0.405. The number of alkyl halides is 4. The van der Waals surface area contributed by atoms with Crippen molar-refractivity contribution in [1.82, 2.24) is 4.31 Å². The van der Waals surface area contributed by atoms with E-state index in [9.17, 15) is 21.6 Å². The van der Waals surface area contributed by atoms with Gasteiger partial charge in [0.05, 0.1) is 17.2 Å². The Morgan fingerprint density at radius 1 is 1.44 bits per heavy atom. The standard InChI is InChI=1S/C9H11ClF3NO2S2/c1-14(4-3-9(11,12)13)18(15,16)8-2-5-17-7(8)6-10/h2,5H,3-4,6H2,1H3. The number of rotatable bonds is 5. The van der Waals surface area contributed by atoms with Crippen molar-refractivity contribution in [2.24, 2.45) is 0 Å². The number of hydrogen-bond acceptors (Lipinski definition) is 3. The van der Waals surface area contributed by atoms with Crippen molar-refractivity contribution >= 4 is 33.0 Å². The summed E-state index contributed by atoms with van der Waals surface area (Å²) in [5, 5.41) is 1.54. The zero-order valence-electron chi connectivity index (χ0n) is 9.37. The summed E-state index contributed by atoms with van der Waals surface area (Å²) in [6.45, 7) is -0.608. The molecule has 0 aromatic carbocycles. The van der Waals surface area contributed by atoms with Crippen LogP contribution in [-0.2, 0) is 15.9 Å². The fraction of sp³-hybridized carbons (Fsp3) is 0.556. The second-order valence-electron chi connectivity index (χ2n) is 3.53. The molecule has 0 saturated carbocycles. The van der Waals surface area contributed by atoms with E-state index in [-0.39, 0.29) is 10.8 Å². The molecule has 9 heteroatoms. The molecule has 0 spiro atoms. The molecule has 18 heavy (non-hydrogen) atoms. The van der Waals surface area contributed by atoms with Gasteiger partial charge in [-0.05, 0) is 11.4 Å². The lowest BCUT2D eigenvalue weighted by atomic mass is 10.4.